The molecule has 19 heavy (non-hydrogen) atoms. The molecule has 1 aliphatic carbocycles. The fourth-order valence-electron chi connectivity index (χ4n) is 3.14. The van der Waals surface area contributed by atoms with Crippen LogP contribution in [0, 0.1) is 5.92 Å². The maximum absolute atomic E-state index is 12.2. The van der Waals surface area contributed by atoms with Crippen LogP contribution < -0.4 is 10.6 Å². The number of carbonyl (C=O) groups excluding carboxylic acids is 1. The Bertz CT molecular complexity index is 464. The van der Waals surface area contributed by atoms with E-state index in [9.17, 15) is 4.79 Å². The third-order valence-electron chi connectivity index (χ3n) is 4.37. The Morgan fingerprint density at radius 3 is 2.84 bits per heavy atom. The number of fused-ring (bicyclic) bond motifs is 1. The van der Waals surface area contributed by atoms with Crippen LogP contribution >= 0.6 is 0 Å². The summed E-state index contributed by atoms with van der Waals surface area (Å²) in [5.74, 6) is 0.729. The molecule has 1 heterocycles. The highest BCUT2D eigenvalue weighted by Crippen LogP contribution is 2.22. The molecule has 1 amide bonds. The van der Waals surface area contributed by atoms with Gasteiger partial charge >= 0.3 is 0 Å². The molecule has 3 heteroatoms. The first-order valence-electron chi connectivity index (χ1n) is 7.43. The van der Waals surface area contributed by atoms with E-state index in [0.29, 0.717) is 5.92 Å². The van der Waals surface area contributed by atoms with E-state index in [1.54, 1.807) is 0 Å². The maximum Gasteiger partial charge on any atom is 0.251 e. The lowest BCUT2D eigenvalue weighted by Gasteiger charge is -2.22. The predicted molar refractivity (Wildman–Crippen MR) is 76.4 cm³/mol. The number of rotatable bonds is 3. The molecular weight excluding hydrogens is 236 g/mol. The number of hydrogen-bond donors (Lipinski definition) is 2. The summed E-state index contributed by atoms with van der Waals surface area (Å²) >= 11 is 0. The fourth-order valence-corrected chi connectivity index (χ4v) is 3.14. The number of hydrogen-bond acceptors (Lipinski definition) is 2. The summed E-state index contributed by atoms with van der Waals surface area (Å²) in [6.07, 6.45) is 5.88. The molecule has 0 saturated carbocycles. The minimum absolute atomic E-state index is 0.0910. The summed E-state index contributed by atoms with van der Waals surface area (Å²) in [5, 5.41) is 6.44. The van der Waals surface area contributed by atoms with E-state index in [2.05, 4.69) is 22.8 Å². The zero-order valence-corrected chi connectivity index (χ0v) is 11.4. The third kappa shape index (κ3) is 2.98. The lowest BCUT2D eigenvalue weighted by Crippen LogP contribution is -2.36. The molecule has 1 aromatic rings. The van der Waals surface area contributed by atoms with Gasteiger partial charge in [0.15, 0.2) is 0 Å². The van der Waals surface area contributed by atoms with Crippen molar-refractivity contribution in [2.75, 3.05) is 19.6 Å². The zero-order valence-electron chi connectivity index (χ0n) is 11.4. The summed E-state index contributed by atoms with van der Waals surface area (Å²) in [6.45, 7) is 2.98. The molecule has 0 aromatic heterocycles. The lowest BCUT2D eigenvalue weighted by molar-refractivity contribution is 0.0944. The largest absolute Gasteiger partial charge is 0.352 e. The Labute approximate surface area is 114 Å². The van der Waals surface area contributed by atoms with E-state index in [4.69, 9.17) is 0 Å². The van der Waals surface area contributed by atoms with Gasteiger partial charge in [0.05, 0.1) is 0 Å². The lowest BCUT2D eigenvalue weighted by atomic mass is 9.98. The molecule has 2 N–H and O–H groups in total. The molecule has 102 valence electrons. The highest BCUT2D eigenvalue weighted by Gasteiger charge is 2.16. The van der Waals surface area contributed by atoms with Crippen LogP contribution in [0.5, 0.6) is 0 Å². The van der Waals surface area contributed by atoms with Crippen LogP contribution in [-0.2, 0) is 12.8 Å². The normalized spacial score (nSPS) is 19.2. The van der Waals surface area contributed by atoms with Crippen LogP contribution in [0.2, 0.25) is 0 Å². The highest BCUT2D eigenvalue weighted by atomic mass is 16.1. The van der Waals surface area contributed by atoms with Gasteiger partial charge in [-0.2, -0.15) is 0 Å². The van der Waals surface area contributed by atoms with E-state index < -0.39 is 0 Å². The predicted octanol–water partition coefficient (Wildman–Crippen LogP) is 1.90. The summed E-state index contributed by atoms with van der Waals surface area (Å²) in [5.41, 5.74) is 3.62. The van der Waals surface area contributed by atoms with E-state index in [0.717, 1.165) is 31.6 Å². The summed E-state index contributed by atoms with van der Waals surface area (Å²) < 4.78 is 0. The molecule has 1 aromatic carbocycles. The average Bonchev–Trinajstić information content (AvgIpc) is 2.93. The van der Waals surface area contributed by atoms with Gasteiger partial charge in [-0.25, -0.2) is 0 Å². The van der Waals surface area contributed by atoms with Gasteiger partial charge in [-0.15, -0.1) is 0 Å². The second kappa shape index (κ2) is 5.74. The Morgan fingerprint density at radius 2 is 2.00 bits per heavy atom. The number of piperidine rings is 1. The Balaban J connectivity index is 1.57. The standard InChI is InChI=1S/C16H22N2O/c19-16(18-11-12-6-8-17-9-7-12)15-5-4-13-2-1-3-14(13)10-15/h4-5,10,12,17H,1-3,6-9,11H2,(H,18,19). The van der Waals surface area contributed by atoms with Crippen LogP contribution in [0.3, 0.4) is 0 Å². The molecule has 2 aliphatic rings. The molecule has 0 radical (unpaired) electrons. The quantitative estimate of drug-likeness (QED) is 0.869. The topological polar surface area (TPSA) is 41.1 Å². The van der Waals surface area contributed by atoms with Crippen molar-refractivity contribution in [2.24, 2.45) is 5.92 Å². The van der Waals surface area contributed by atoms with Crippen molar-refractivity contribution in [3.63, 3.8) is 0 Å². The van der Waals surface area contributed by atoms with Gasteiger partial charge in [0.25, 0.3) is 5.91 Å². The van der Waals surface area contributed by atoms with Crippen LogP contribution in [0.4, 0.5) is 0 Å². The Kier molecular flexibility index (Phi) is 3.83. The van der Waals surface area contributed by atoms with Gasteiger partial charge in [-0.1, -0.05) is 6.07 Å². The number of carbonyl (C=O) groups is 1. The molecule has 0 unspecified atom stereocenters. The monoisotopic (exact) mass is 258 g/mol. The van der Waals surface area contributed by atoms with Crippen molar-refractivity contribution in [3.8, 4) is 0 Å². The van der Waals surface area contributed by atoms with Gasteiger partial charge in [-0.3, -0.25) is 4.79 Å². The molecule has 3 rings (SSSR count). The van der Waals surface area contributed by atoms with Crippen molar-refractivity contribution in [1.29, 1.82) is 0 Å². The van der Waals surface area contributed by atoms with Crippen LogP contribution in [0.1, 0.15) is 40.7 Å². The second-order valence-corrected chi connectivity index (χ2v) is 5.74. The van der Waals surface area contributed by atoms with Crippen molar-refractivity contribution < 1.29 is 4.79 Å². The molecule has 0 spiro atoms. The summed E-state index contributed by atoms with van der Waals surface area (Å²) in [4.78, 5) is 12.2. The van der Waals surface area contributed by atoms with Gasteiger partial charge in [0, 0.05) is 12.1 Å². The molecule has 3 nitrogen and oxygen atoms in total. The van der Waals surface area contributed by atoms with E-state index in [1.165, 1.54) is 36.8 Å². The summed E-state index contributed by atoms with van der Waals surface area (Å²) in [7, 11) is 0. The molecule has 1 fully saturated rings. The van der Waals surface area contributed by atoms with Crippen LogP contribution in [0.25, 0.3) is 0 Å². The van der Waals surface area contributed by atoms with Crippen LogP contribution in [0.15, 0.2) is 18.2 Å². The second-order valence-electron chi connectivity index (χ2n) is 5.74. The molecule has 1 saturated heterocycles. The van der Waals surface area contributed by atoms with Gasteiger partial charge in [-0.05, 0) is 74.4 Å². The van der Waals surface area contributed by atoms with E-state index in [1.807, 2.05) is 6.07 Å². The van der Waals surface area contributed by atoms with Gasteiger partial charge < -0.3 is 10.6 Å². The van der Waals surface area contributed by atoms with Crippen molar-refractivity contribution in [1.82, 2.24) is 10.6 Å². The third-order valence-corrected chi connectivity index (χ3v) is 4.37. The number of aryl methyl sites for hydroxylation is 2. The van der Waals surface area contributed by atoms with Crippen LogP contribution in [-0.4, -0.2) is 25.5 Å². The smallest absolute Gasteiger partial charge is 0.251 e. The number of amides is 1. The number of nitrogens with one attached hydrogen (secondary N) is 2. The molecular formula is C16H22N2O. The number of benzene rings is 1. The molecule has 0 atom stereocenters. The van der Waals surface area contributed by atoms with E-state index >= 15 is 0 Å². The molecule has 1 aliphatic heterocycles. The van der Waals surface area contributed by atoms with E-state index in [-0.39, 0.29) is 5.91 Å². The summed E-state index contributed by atoms with van der Waals surface area (Å²) in [6, 6.07) is 6.18. The Morgan fingerprint density at radius 1 is 1.21 bits per heavy atom. The minimum Gasteiger partial charge on any atom is -0.352 e. The average molecular weight is 258 g/mol. The molecule has 0 bridgehead atoms. The first-order chi connectivity index (χ1) is 9.33. The van der Waals surface area contributed by atoms with Gasteiger partial charge in [0.1, 0.15) is 0 Å². The first-order valence-corrected chi connectivity index (χ1v) is 7.43. The SMILES string of the molecule is O=C(NCC1CCNCC1)c1ccc2c(c1)CCC2. The van der Waals surface area contributed by atoms with Crippen molar-refractivity contribution >= 4 is 5.91 Å². The van der Waals surface area contributed by atoms with Crippen molar-refractivity contribution in [3.05, 3.63) is 34.9 Å². The first kappa shape index (κ1) is 12.7. The van der Waals surface area contributed by atoms with Gasteiger partial charge in [0.2, 0.25) is 0 Å². The Hall–Kier alpha value is -1.35. The highest BCUT2D eigenvalue weighted by molar-refractivity contribution is 5.94. The minimum atomic E-state index is 0.0910. The maximum atomic E-state index is 12.2. The zero-order chi connectivity index (χ0) is 13.1. The van der Waals surface area contributed by atoms with Crippen molar-refractivity contribution in [2.45, 2.75) is 32.1 Å². The fraction of sp³-hybridized carbons (Fsp3) is 0.562.